The Morgan fingerprint density at radius 1 is 1.28 bits per heavy atom. The summed E-state index contributed by atoms with van der Waals surface area (Å²) in [6.07, 6.45) is 0.768. The smallest absolute Gasteiger partial charge is 0.306 e. The van der Waals surface area contributed by atoms with Crippen molar-refractivity contribution in [2.45, 2.75) is 33.6 Å². The molecule has 0 aliphatic rings. The number of rotatable bonds is 6. The van der Waals surface area contributed by atoms with E-state index < -0.39 is 5.97 Å². The van der Waals surface area contributed by atoms with Crippen LogP contribution in [0.2, 0.25) is 0 Å². The van der Waals surface area contributed by atoms with Crippen LogP contribution in [-0.2, 0) is 27.8 Å². The highest BCUT2D eigenvalue weighted by Gasteiger charge is 2.13. The van der Waals surface area contributed by atoms with E-state index in [0.717, 1.165) is 27.0 Å². The molecule has 0 spiro atoms. The number of anilines is 1. The molecule has 0 radical (unpaired) electrons. The molecule has 134 valence electrons. The Kier molecular flexibility index (Phi) is 6.36. The zero-order valence-corrected chi connectivity index (χ0v) is 16.4. The van der Waals surface area contributed by atoms with Gasteiger partial charge in [0.1, 0.15) is 0 Å². The third kappa shape index (κ3) is 5.16. The van der Waals surface area contributed by atoms with Gasteiger partial charge < -0.3 is 10.1 Å². The second kappa shape index (κ2) is 8.29. The molecule has 7 heteroatoms. The number of halogens is 1. The molecule has 1 heterocycles. The molecule has 0 atom stereocenters. The average molecular weight is 408 g/mol. The molecule has 6 nitrogen and oxygen atoms in total. The Hall–Kier alpha value is -2.15. The van der Waals surface area contributed by atoms with E-state index in [-0.39, 0.29) is 18.9 Å². The van der Waals surface area contributed by atoms with Crippen molar-refractivity contribution in [1.29, 1.82) is 0 Å². The summed E-state index contributed by atoms with van der Waals surface area (Å²) in [6.45, 7) is 5.54. The van der Waals surface area contributed by atoms with E-state index in [2.05, 4.69) is 26.3 Å². The second-order valence-corrected chi connectivity index (χ2v) is 6.82. The molecular formula is C18H22BrN3O3. The number of aryl methyl sites for hydroxylation is 3. The molecule has 0 unspecified atom stereocenters. The van der Waals surface area contributed by atoms with Gasteiger partial charge in [-0.2, -0.15) is 5.10 Å². The molecular weight excluding hydrogens is 386 g/mol. The lowest BCUT2D eigenvalue weighted by atomic mass is 10.1. The number of carbonyl (C=O) groups excluding carboxylic acids is 2. The van der Waals surface area contributed by atoms with Crippen LogP contribution in [0.15, 0.2) is 22.7 Å². The highest BCUT2D eigenvalue weighted by molar-refractivity contribution is 9.10. The van der Waals surface area contributed by atoms with Crippen LogP contribution in [0, 0.1) is 20.8 Å². The van der Waals surface area contributed by atoms with Crippen LogP contribution in [-0.4, -0.2) is 28.3 Å². The molecule has 1 N–H and O–H groups in total. The SMILES string of the molecule is Cc1ccc(NC(=O)COC(=O)CCc2c(C)nn(C)c2C)c(Br)c1. The predicted molar refractivity (Wildman–Crippen MR) is 99.5 cm³/mol. The summed E-state index contributed by atoms with van der Waals surface area (Å²) < 4.78 is 7.64. The Morgan fingerprint density at radius 2 is 2.00 bits per heavy atom. The average Bonchev–Trinajstić information content (AvgIpc) is 2.79. The number of nitrogens with zero attached hydrogens (tertiary/aromatic N) is 2. The Morgan fingerprint density at radius 3 is 2.60 bits per heavy atom. The van der Waals surface area contributed by atoms with Crippen LogP contribution < -0.4 is 5.32 Å². The first-order valence-corrected chi connectivity index (χ1v) is 8.78. The van der Waals surface area contributed by atoms with Gasteiger partial charge in [-0.1, -0.05) is 6.07 Å². The number of amides is 1. The van der Waals surface area contributed by atoms with E-state index in [1.54, 1.807) is 10.7 Å². The third-order valence-electron chi connectivity index (χ3n) is 4.00. The van der Waals surface area contributed by atoms with E-state index in [0.29, 0.717) is 12.1 Å². The van der Waals surface area contributed by atoms with Gasteiger partial charge in [0, 0.05) is 23.6 Å². The van der Waals surface area contributed by atoms with Crippen molar-refractivity contribution in [2.24, 2.45) is 7.05 Å². The molecule has 1 aromatic carbocycles. The Balaban J connectivity index is 1.80. The van der Waals surface area contributed by atoms with E-state index in [1.807, 2.05) is 40.0 Å². The van der Waals surface area contributed by atoms with Crippen molar-refractivity contribution in [3.05, 3.63) is 45.2 Å². The normalized spacial score (nSPS) is 10.6. The largest absolute Gasteiger partial charge is 0.456 e. The van der Waals surface area contributed by atoms with Gasteiger partial charge in [0.15, 0.2) is 6.61 Å². The van der Waals surface area contributed by atoms with Crippen molar-refractivity contribution in [1.82, 2.24) is 9.78 Å². The molecule has 0 aliphatic heterocycles. The lowest BCUT2D eigenvalue weighted by molar-refractivity contribution is -0.147. The van der Waals surface area contributed by atoms with Gasteiger partial charge in [0.25, 0.3) is 5.91 Å². The van der Waals surface area contributed by atoms with Crippen LogP contribution in [0.25, 0.3) is 0 Å². The number of nitrogens with one attached hydrogen (secondary N) is 1. The predicted octanol–water partition coefficient (Wildman–Crippen LogP) is 3.22. The maximum absolute atomic E-state index is 11.9. The fourth-order valence-electron chi connectivity index (χ4n) is 2.53. The minimum atomic E-state index is -0.402. The van der Waals surface area contributed by atoms with Crippen molar-refractivity contribution in [3.63, 3.8) is 0 Å². The number of benzene rings is 1. The lowest BCUT2D eigenvalue weighted by Crippen LogP contribution is -2.21. The summed E-state index contributed by atoms with van der Waals surface area (Å²) in [6, 6.07) is 5.60. The molecule has 2 rings (SSSR count). The number of hydrogen-bond donors (Lipinski definition) is 1. The van der Waals surface area contributed by atoms with Gasteiger partial charge in [0.05, 0.1) is 11.4 Å². The summed E-state index contributed by atoms with van der Waals surface area (Å²) in [7, 11) is 1.87. The highest BCUT2D eigenvalue weighted by atomic mass is 79.9. The lowest BCUT2D eigenvalue weighted by Gasteiger charge is -2.09. The molecule has 0 bridgehead atoms. The van der Waals surface area contributed by atoms with Crippen molar-refractivity contribution in [2.75, 3.05) is 11.9 Å². The number of aromatic nitrogens is 2. The minimum absolute atomic E-state index is 0.217. The highest BCUT2D eigenvalue weighted by Crippen LogP contribution is 2.23. The summed E-state index contributed by atoms with van der Waals surface area (Å²) >= 11 is 3.39. The van der Waals surface area contributed by atoms with Crippen LogP contribution in [0.5, 0.6) is 0 Å². The van der Waals surface area contributed by atoms with E-state index in [4.69, 9.17) is 4.74 Å². The molecule has 0 fully saturated rings. The Labute approximate surface area is 155 Å². The van der Waals surface area contributed by atoms with Gasteiger partial charge >= 0.3 is 5.97 Å². The first-order valence-electron chi connectivity index (χ1n) is 7.98. The Bertz CT molecular complexity index is 799. The summed E-state index contributed by atoms with van der Waals surface area (Å²) in [5.74, 6) is -0.771. The molecule has 0 saturated carbocycles. The van der Waals surface area contributed by atoms with Crippen molar-refractivity contribution in [3.8, 4) is 0 Å². The summed E-state index contributed by atoms with van der Waals surface area (Å²) in [4.78, 5) is 23.8. The van der Waals surface area contributed by atoms with Crippen LogP contribution in [0.1, 0.15) is 28.9 Å². The minimum Gasteiger partial charge on any atom is -0.456 e. The zero-order chi connectivity index (χ0) is 18.6. The molecule has 1 aromatic heterocycles. The van der Waals surface area contributed by atoms with Gasteiger partial charge in [0.2, 0.25) is 0 Å². The van der Waals surface area contributed by atoms with Crippen LogP contribution in [0.3, 0.4) is 0 Å². The first-order chi connectivity index (χ1) is 11.8. The second-order valence-electron chi connectivity index (χ2n) is 5.97. The first kappa shape index (κ1) is 19.2. The van der Waals surface area contributed by atoms with E-state index in [9.17, 15) is 9.59 Å². The molecule has 0 saturated heterocycles. The molecule has 1 amide bonds. The van der Waals surface area contributed by atoms with Gasteiger partial charge in [-0.3, -0.25) is 14.3 Å². The van der Waals surface area contributed by atoms with Gasteiger partial charge in [-0.15, -0.1) is 0 Å². The number of esters is 1. The molecule has 25 heavy (non-hydrogen) atoms. The molecule has 2 aromatic rings. The quantitative estimate of drug-likeness (QED) is 0.745. The zero-order valence-electron chi connectivity index (χ0n) is 14.9. The summed E-state index contributed by atoms with van der Waals surface area (Å²) in [5.41, 5.74) is 4.72. The van der Waals surface area contributed by atoms with Crippen LogP contribution >= 0.6 is 15.9 Å². The maximum atomic E-state index is 11.9. The number of hydrogen-bond acceptors (Lipinski definition) is 4. The van der Waals surface area contributed by atoms with E-state index >= 15 is 0 Å². The third-order valence-corrected chi connectivity index (χ3v) is 4.66. The van der Waals surface area contributed by atoms with Gasteiger partial charge in [-0.05, 0) is 66.4 Å². The summed E-state index contributed by atoms with van der Waals surface area (Å²) in [5, 5.41) is 7.03. The van der Waals surface area contributed by atoms with E-state index in [1.165, 1.54) is 0 Å². The topological polar surface area (TPSA) is 73.2 Å². The van der Waals surface area contributed by atoms with Gasteiger partial charge in [-0.25, -0.2) is 0 Å². The molecule has 0 aliphatic carbocycles. The fourth-order valence-corrected chi connectivity index (χ4v) is 3.12. The number of ether oxygens (including phenoxy) is 1. The fraction of sp³-hybridized carbons (Fsp3) is 0.389. The van der Waals surface area contributed by atoms with Crippen molar-refractivity contribution < 1.29 is 14.3 Å². The monoisotopic (exact) mass is 407 g/mol. The maximum Gasteiger partial charge on any atom is 0.306 e. The standard InChI is InChI=1S/C18H22BrN3O3/c1-11-5-7-16(15(19)9-11)20-17(23)10-25-18(24)8-6-14-12(2)21-22(4)13(14)3/h5,7,9H,6,8,10H2,1-4H3,(H,20,23). The van der Waals surface area contributed by atoms with Crippen LogP contribution in [0.4, 0.5) is 5.69 Å². The van der Waals surface area contributed by atoms with Crippen molar-refractivity contribution >= 4 is 33.5 Å². The number of carbonyl (C=O) groups is 2.